The molecular weight excluding hydrogens is 230 g/mol. The van der Waals surface area contributed by atoms with Gasteiger partial charge in [-0.1, -0.05) is 0 Å². The summed E-state index contributed by atoms with van der Waals surface area (Å²) in [6.45, 7) is 5.66. The number of hydrogen-bond acceptors (Lipinski definition) is 3. The summed E-state index contributed by atoms with van der Waals surface area (Å²) in [7, 11) is 0. The monoisotopic (exact) mass is 247 g/mol. The minimum absolute atomic E-state index is 0.637. The van der Waals surface area contributed by atoms with Crippen LogP contribution in [0.3, 0.4) is 0 Å². The summed E-state index contributed by atoms with van der Waals surface area (Å²) in [5.74, 6) is 0.637. The molecule has 90 valence electrons. The smallest absolute Gasteiger partial charge is 0.0490 e. The van der Waals surface area contributed by atoms with Crippen molar-refractivity contribution in [3.8, 4) is 0 Å². The minimum atomic E-state index is 0.637. The van der Waals surface area contributed by atoms with Gasteiger partial charge in [-0.3, -0.25) is 10.00 Å². The Morgan fingerprint density at radius 2 is 2.47 bits per heavy atom. The van der Waals surface area contributed by atoms with Crippen LogP contribution >= 0.6 is 11.3 Å². The fourth-order valence-corrected chi connectivity index (χ4v) is 3.44. The molecule has 4 heteroatoms. The third-order valence-corrected chi connectivity index (χ3v) is 4.58. The first-order valence-electron chi connectivity index (χ1n) is 6.07. The molecule has 1 fully saturated rings. The largest absolute Gasteiger partial charge is 0.298 e. The van der Waals surface area contributed by atoms with E-state index in [-0.39, 0.29) is 0 Å². The van der Waals surface area contributed by atoms with Crippen LogP contribution in [-0.2, 0) is 6.54 Å². The molecule has 0 radical (unpaired) electrons. The number of rotatable bonds is 3. The van der Waals surface area contributed by atoms with Gasteiger partial charge in [0, 0.05) is 35.8 Å². The van der Waals surface area contributed by atoms with Gasteiger partial charge < -0.3 is 0 Å². The van der Waals surface area contributed by atoms with Gasteiger partial charge in [0.25, 0.3) is 0 Å². The zero-order valence-corrected chi connectivity index (χ0v) is 10.8. The molecule has 0 unspecified atom stereocenters. The Labute approximate surface area is 105 Å². The molecule has 0 spiro atoms. The number of nitrogens with zero attached hydrogens (tertiary/aromatic N) is 2. The van der Waals surface area contributed by atoms with Crippen molar-refractivity contribution in [1.82, 2.24) is 15.1 Å². The van der Waals surface area contributed by atoms with Crippen molar-refractivity contribution in [2.75, 3.05) is 13.1 Å². The summed E-state index contributed by atoms with van der Waals surface area (Å²) in [6.07, 6.45) is 3.09. The van der Waals surface area contributed by atoms with Crippen molar-refractivity contribution in [3.63, 3.8) is 0 Å². The molecule has 1 saturated heterocycles. The lowest BCUT2D eigenvalue weighted by Crippen LogP contribution is -2.19. The number of hydrogen-bond donors (Lipinski definition) is 1. The summed E-state index contributed by atoms with van der Waals surface area (Å²) >= 11 is 1.87. The standard InChI is InChI=1S/C13H17N3S/c1-10-4-7-17-13(10)9-16-6-3-11(8-16)12-2-5-14-15-12/h2,4-5,7,11H,3,6,8-9H2,1H3,(H,14,15)/t11-/m0/s1. The third kappa shape index (κ3) is 2.28. The van der Waals surface area contributed by atoms with E-state index in [1.807, 2.05) is 17.5 Å². The van der Waals surface area contributed by atoms with Crippen LogP contribution in [0.5, 0.6) is 0 Å². The second-order valence-electron chi connectivity index (χ2n) is 4.76. The Bertz CT molecular complexity index is 475. The van der Waals surface area contributed by atoms with Crippen LogP contribution in [0.1, 0.15) is 28.5 Å². The van der Waals surface area contributed by atoms with E-state index in [4.69, 9.17) is 0 Å². The fraction of sp³-hybridized carbons (Fsp3) is 0.462. The Morgan fingerprint density at radius 1 is 1.53 bits per heavy atom. The molecule has 17 heavy (non-hydrogen) atoms. The molecule has 1 atom stereocenters. The van der Waals surface area contributed by atoms with E-state index in [2.05, 4.69) is 39.5 Å². The maximum Gasteiger partial charge on any atom is 0.0490 e. The normalized spacial score (nSPS) is 21.1. The van der Waals surface area contributed by atoms with Crippen molar-refractivity contribution >= 4 is 11.3 Å². The molecule has 2 aromatic heterocycles. The zero-order valence-electron chi connectivity index (χ0n) is 10.0. The van der Waals surface area contributed by atoms with Crippen LogP contribution in [0.25, 0.3) is 0 Å². The summed E-state index contributed by atoms with van der Waals surface area (Å²) in [6, 6.07) is 4.31. The van der Waals surface area contributed by atoms with Crippen LogP contribution in [-0.4, -0.2) is 28.2 Å². The Hall–Kier alpha value is -1.13. The van der Waals surface area contributed by atoms with Gasteiger partial charge >= 0.3 is 0 Å². The van der Waals surface area contributed by atoms with Crippen molar-refractivity contribution in [2.24, 2.45) is 0 Å². The quantitative estimate of drug-likeness (QED) is 0.904. The lowest BCUT2D eigenvalue weighted by Gasteiger charge is -2.15. The van der Waals surface area contributed by atoms with E-state index >= 15 is 0 Å². The lowest BCUT2D eigenvalue weighted by molar-refractivity contribution is 0.328. The molecule has 0 bridgehead atoms. The summed E-state index contributed by atoms with van der Waals surface area (Å²) < 4.78 is 0. The maximum atomic E-state index is 4.04. The van der Waals surface area contributed by atoms with E-state index < -0.39 is 0 Å². The first-order valence-corrected chi connectivity index (χ1v) is 6.95. The predicted octanol–water partition coefficient (Wildman–Crippen LogP) is 2.77. The number of H-pyrrole nitrogens is 1. The molecule has 3 heterocycles. The second kappa shape index (κ2) is 4.63. The molecular formula is C13H17N3S. The average Bonchev–Trinajstić information content (AvgIpc) is 3.02. The van der Waals surface area contributed by atoms with Gasteiger partial charge in [-0.15, -0.1) is 11.3 Å². The van der Waals surface area contributed by atoms with Gasteiger partial charge in [-0.2, -0.15) is 5.10 Å². The Kier molecular flexibility index (Phi) is 2.99. The number of nitrogens with one attached hydrogen (secondary N) is 1. The van der Waals surface area contributed by atoms with Crippen molar-refractivity contribution in [1.29, 1.82) is 0 Å². The Balaban J connectivity index is 1.63. The van der Waals surface area contributed by atoms with Gasteiger partial charge in [0.15, 0.2) is 0 Å². The number of likely N-dealkylation sites (tertiary alicyclic amines) is 1. The van der Waals surface area contributed by atoms with Gasteiger partial charge in [0.2, 0.25) is 0 Å². The minimum Gasteiger partial charge on any atom is -0.298 e. The molecule has 1 aliphatic rings. The van der Waals surface area contributed by atoms with Gasteiger partial charge in [-0.05, 0) is 43.0 Å². The first kappa shape index (κ1) is 11.0. The molecule has 0 amide bonds. The van der Waals surface area contributed by atoms with Crippen LogP contribution in [0.2, 0.25) is 0 Å². The summed E-state index contributed by atoms with van der Waals surface area (Å²) in [5, 5.41) is 9.32. The predicted molar refractivity (Wildman–Crippen MR) is 70.3 cm³/mol. The SMILES string of the molecule is Cc1ccsc1CN1CC[C@H](c2ccn[nH]2)C1. The lowest BCUT2D eigenvalue weighted by atomic mass is 10.1. The molecule has 3 rings (SSSR count). The summed E-state index contributed by atoms with van der Waals surface area (Å²) in [4.78, 5) is 4.06. The van der Waals surface area contributed by atoms with Crippen molar-refractivity contribution < 1.29 is 0 Å². The van der Waals surface area contributed by atoms with E-state index in [1.165, 1.54) is 29.1 Å². The van der Waals surface area contributed by atoms with Crippen LogP contribution in [0.15, 0.2) is 23.7 Å². The molecule has 3 nitrogen and oxygen atoms in total. The number of aryl methyl sites for hydroxylation is 1. The van der Waals surface area contributed by atoms with Crippen LogP contribution in [0, 0.1) is 6.92 Å². The van der Waals surface area contributed by atoms with Crippen molar-refractivity contribution in [2.45, 2.75) is 25.8 Å². The molecule has 0 saturated carbocycles. The first-order chi connectivity index (χ1) is 8.33. The topological polar surface area (TPSA) is 31.9 Å². The van der Waals surface area contributed by atoms with Gasteiger partial charge in [0.05, 0.1) is 0 Å². The molecule has 1 aliphatic heterocycles. The third-order valence-electron chi connectivity index (χ3n) is 3.57. The zero-order chi connectivity index (χ0) is 11.7. The van der Waals surface area contributed by atoms with E-state index in [1.54, 1.807) is 0 Å². The van der Waals surface area contributed by atoms with Crippen LogP contribution < -0.4 is 0 Å². The Morgan fingerprint density at radius 3 is 3.18 bits per heavy atom. The van der Waals surface area contributed by atoms with Crippen LogP contribution in [0.4, 0.5) is 0 Å². The van der Waals surface area contributed by atoms with Gasteiger partial charge in [-0.25, -0.2) is 0 Å². The van der Waals surface area contributed by atoms with E-state index in [0.29, 0.717) is 5.92 Å². The van der Waals surface area contributed by atoms with E-state index in [0.717, 1.165) is 13.1 Å². The highest BCUT2D eigenvalue weighted by Gasteiger charge is 2.25. The van der Waals surface area contributed by atoms with E-state index in [9.17, 15) is 0 Å². The summed E-state index contributed by atoms with van der Waals surface area (Å²) in [5.41, 5.74) is 2.72. The van der Waals surface area contributed by atoms with Crippen molar-refractivity contribution in [3.05, 3.63) is 39.8 Å². The average molecular weight is 247 g/mol. The maximum absolute atomic E-state index is 4.04. The number of thiophene rings is 1. The number of aromatic amines is 1. The highest BCUT2D eigenvalue weighted by Crippen LogP contribution is 2.28. The number of aromatic nitrogens is 2. The highest BCUT2D eigenvalue weighted by atomic mass is 32.1. The molecule has 0 aromatic carbocycles. The van der Waals surface area contributed by atoms with Gasteiger partial charge in [0.1, 0.15) is 0 Å². The highest BCUT2D eigenvalue weighted by molar-refractivity contribution is 7.10. The molecule has 1 N–H and O–H groups in total. The fourth-order valence-electron chi connectivity index (χ4n) is 2.49. The molecule has 0 aliphatic carbocycles. The molecule has 2 aromatic rings. The second-order valence-corrected chi connectivity index (χ2v) is 5.76.